The molecule has 0 aliphatic carbocycles. The number of rotatable bonds is 39. The van der Waals surface area contributed by atoms with Crippen molar-refractivity contribution in [2.75, 3.05) is 138 Å². The number of anilines is 1. The SMILES string of the molecule is CCCCOCCOCCOCCNC(=O)CCCCC(=O)N1Cc2ccccc2-c2c(nnn2CCOCCOCCOCCOCCOCCNC(=O)c2ccc(-c3cc(=O)c4ccc(OC)c(OC)c4o3)cc2)-c2ccccc21. The first-order chi connectivity index (χ1) is 40.3. The van der Waals surface area contributed by atoms with E-state index < -0.39 is 0 Å². The summed E-state index contributed by atoms with van der Waals surface area (Å²) in [7, 11) is 2.99. The van der Waals surface area contributed by atoms with E-state index >= 15 is 0 Å². The second-order valence-corrected chi connectivity index (χ2v) is 19.0. The van der Waals surface area contributed by atoms with E-state index in [1.54, 1.807) is 36.4 Å². The van der Waals surface area contributed by atoms with Crippen LogP contribution in [0.5, 0.6) is 11.5 Å². The fourth-order valence-corrected chi connectivity index (χ4v) is 8.96. The van der Waals surface area contributed by atoms with Gasteiger partial charge in [0.1, 0.15) is 11.5 Å². The van der Waals surface area contributed by atoms with Crippen LogP contribution in [0, 0.1) is 0 Å². The largest absolute Gasteiger partial charge is 0.493 e. The van der Waals surface area contributed by atoms with Gasteiger partial charge in [0.25, 0.3) is 5.91 Å². The Hall–Kier alpha value is -7.08. The Morgan fingerprint density at radius 3 is 1.84 bits per heavy atom. The third-order valence-electron chi connectivity index (χ3n) is 13.2. The first-order valence-corrected chi connectivity index (χ1v) is 28.2. The molecule has 0 saturated carbocycles. The van der Waals surface area contributed by atoms with E-state index in [0.717, 1.165) is 47.5 Å². The molecule has 0 fully saturated rings. The van der Waals surface area contributed by atoms with Gasteiger partial charge in [-0.25, -0.2) is 4.68 Å². The maximum Gasteiger partial charge on any atom is 0.251 e. The van der Waals surface area contributed by atoms with E-state index in [0.29, 0.717) is 190 Å². The van der Waals surface area contributed by atoms with Crippen molar-refractivity contribution in [3.8, 4) is 45.3 Å². The zero-order valence-corrected chi connectivity index (χ0v) is 47.5. The van der Waals surface area contributed by atoms with Crippen LogP contribution in [0.1, 0.15) is 61.4 Å². The van der Waals surface area contributed by atoms with Gasteiger partial charge in [0.15, 0.2) is 16.8 Å². The molecule has 6 aromatic rings. The Balaban J connectivity index is 0.715. The lowest BCUT2D eigenvalue weighted by atomic mass is 9.95. The van der Waals surface area contributed by atoms with Crippen molar-refractivity contribution in [3.05, 3.63) is 112 Å². The molecule has 4 aromatic carbocycles. The van der Waals surface area contributed by atoms with Gasteiger partial charge in [0.05, 0.1) is 143 Å². The lowest BCUT2D eigenvalue weighted by Gasteiger charge is -2.28. The summed E-state index contributed by atoms with van der Waals surface area (Å²) < 4.78 is 63.8. The first-order valence-electron chi connectivity index (χ1n) is 28.2. The predicted molar refractivity (Wildman–Crippen MR) is 308 cm³/mol. The fourth-order valence-electron chi connectivity index (χ4n) is 8.96. The second-order valence-electron chi connectivity index (χ2n) is 19.0. The molecule has 0 atom stereocenters. The zero-order valence-electron chi connectivity index (χ0n) is 47.5. The molecule has 21 nitrogen and oxygen atoms in total. The van der Waals surface area contributed by atoms with Crippen LogP contribution in [0.4, 0.5) is 5.69 Å². The Labute approximate surface area is 478 Å². The molecule has 2 aromatic heterocycles. The lowest BCUT2D eigenvalue weighted by molar-refractivity contribution is -0.122. The van der Waals surface area contributed by atoms with E-state index in [4.69, 9.17) is 51.8 Å². The number of hydrogen-bond donors (Lipinski definition) is 2. The molecule has 0 unspecified atom stereocenters. The Bertz CT molecular complexity index is 2970. The van der Waals surface area contributed by atoms with Gasteiger partial charge in [-0.3, -0.25) is 19.2 Å². The van der Waals surface area contributed by atoms with Gasteiger partial charge in [0, 0.05) is 60.9 Å². The molecule has 82 heavy (non-hydrogen) atoms. The highest BCUT2D eigenvalue weighted by atomic mass is 16.6. The molecule has 2 N–H and O–H groups in total. The smallest absolute Gasteiger partial charge is 0.251 e. The van der Waals surface area contributed by atoms with Crippen LogP contribution in [-0.4, -0.2) is 166 Å². The van der Waals surface area contributed by atoms with Gasteiger partial charge in [-0.15, -0.1) is 5.10 Å². The van der Waals surface area contributed by atoms with Crippen molar-refractivity contribution in [2.45, 2.75) is 58.5 Å². The number of aromatic nitrogens is 3. The molecule has 0 bridgehead atoms. The molecule has 1 aliphatic heterocycles. The van der Waals surface area contributed by atoms with Crippen molar-refractivity contribution >= 4 is 34.4 Å². The Morgan fingerprint density at radius 1 is 0.610 bits per heavy atom. The number of benzene rings is 4. The summed E-state index contributed by atoms with van der Waals surface area (Å²) in [4.78, 5) is 53.9. The van der Waals surface area contributed by atoms with E-state index in [9.17, 15) is 19.2 Å². The van der Waals surface area contributed by atoms with Crippen molar-refractivity contribution in [3.63, 3.8) is 0 Å². The lowest BCUT2D eigenvalue weighted by Crippen LogP contribution is -2.32. The van der Waals surface area contributed by atoms with Crippen LogP contribution in [0.2, 0.25) is 0 Å². The summed E-state index contributed by atoms with van der Waals surface area (Å²) in [5.41, 5.74) is 6.16. The molecule has 0 radical (unpaired) electrons. The van der Waals surface area contributed by atoms with E-state index in [-0.39, 0.29) is 28.7 Å². The van der Waals surface area contributed by atoms with Crippen molar-refractivity contribution in [1.82, 2.24) is 25.6 Å². The molecule has 3 amide bonds. The minimum absolute atomic E-state index is 0.0283. The second kappa shape index (κ2) is 35.0. The average Bonchev–Trinajstić information content (AvgIpc) is 4.06. The third kappa shape index (κ3) is 19.0. The van der Waals surface area contributed by atoms with Crippen LogP contribution < -0.4 is 30.4 Å². The summed E-state index contributed by atoms with van der Waals surface area (Å²) in [6, 6.07) is 27.3. The van der Waals surface area contributed by atoms with Crippen molar-refractivity contribution < 1.29 is 66.2 Å². The Morgan fingerprint density at radius 2 is 1.20 bits per heavy atom. The topological polar surface area (TPSA) is 232 Å². The zero-order chi connectivity index (χ0) is 57.6. The van der Waals surface area contributed by atoms with E-state index in [1.165, 1.54) is 20.3 Å². The fraction of sp³-hybridized carbons (Fsp3) is 0.475. The number of fused-ring (bicyclic) bond motifs is 6. The summed E-state index contributed by atoms with van der Waals surface area (Å²) >= 11 is 0. The summed E-state index contributed by atoms with van der Waals surface area (Å²) in [5.74, 6) is 0.750. The monoisotopic (exact) mass is 1130 g/mol. The molecule has 1 aliphatic rings. The van der Waals surface area contributed by atoms with Gasteiger partial charge < -0.3 is 67.3 Å². The molecule has 442 valence electrons. The highest BCUT2D eigenvalue weighted by Gasteiger charge is 2.29. The number of hydrogen-bond acceptors (Lipinski definition) is 17. The summed E-state index contributed by atoms with van der Waals surface area (Å²) in [6.07, 6.45) is 3.93. The molecule has 21 heteroatoms. The minimum atomic E-state index is -0.260. The number of nitrogens with zero attached hydrogens (tertiary/aromatic N) is 4. The number of methoxy groups -OCH3 is 2. The van der Waals surface area contributed by atoms with Crippen molar-refractivity contribution in [2.24, 2.45) is 0 Å². The molecular formula is C61H78N6O15. The number of carbonyl (C=O) groups excluding carboxylic acids is 3. The number of unbranched alkanes of at least 4 members (excludes halogenated alkanes) is 2. The van der Waals surface area contributed by atoms with Gasteiger partial charge >= 0.3 is 0 Å². The van der Waals surface area contributed by atoms with Crippen molar-refractivity contribution in [1.29, 1.82) is 0 Å². The van der Waals surface area contributed by atoms with Gasteiger partial charge in [-0.1, -0.05) is 73.2 Å². The maximum absolute atomic E-state index is 14.0. The highest BCUT2D eigenvalue weighted by molar-refractivity contribution is 6.00. The predicted octanol–water partition coefficient (Wildman–Crippen LogP) is 7.29. The standard InChI is InChI=1S/C61H78N6O15/c1-4-5-27-74-31-35-78-36-32-75-28-24-62-55(69)16-10-11-17-56(70)66-44-47-12-6-7-13-48(47)58-57(49-14-8-9-15-51(49)66)64-65-67(58)26-30-77-34-38-80-40-42-81-41-39-79-37-33-76-29-25-63-61(71)46-20-18-45(19-21-46)54-43-52(68)50-22-23-53(72-2)60(73-3)59(50)82-54/h6-9,12-15,18-23,43H,4-5,10-11,16-17,24-42,44H2,1-3H3,(H,62,69)(H,63,71). The van der Waals surface area contributed by atoms with Crippen LogP contribution in [0.25, 0.3) is 44.8 Å². The Kier molecular flexibility index (Phi) is 26.7. The third-order valence-corrected chi connectivity index (χ3v) is 13.2. The van der Waals surface area contributed by atoms with E-state index in [2.05, 4.69) is 27.9 Å². The summed E-state index contributed by atoms with van der Waals surface area (Å²) in [6.45, 7) is 10.7. The molecule has 0 saturated heterocycles. The number of ether oxygens (including phenoxy) is 10. The number of nitrogens with one attached hydrogen (secondary N) is 2. The van der Waals surface area contributed by atoms with Crippen LogP contribution >= 0.6 is 0 Å². The van der Waals surface area contributed by atoms with Gasteiger partial charge in [0.2, 0.25) is 17.6 Å². The first kappa shape index (κ1) is 62.5. The quantitative estimate of drug-likeness (QED) is 0.0361. The van der Waals surface area contributed by atoms with Gasteiger partial charge in [-0.05, 0) is 55.2 Å². The van der Waals surface area contributed by atoms with Crippen LogP contribution in [0.15, 0.2) is 100 Å². The van der Waals surface area contributed by atoms with Crippen LogP contribution in [-0.2, 0) is 60.6 Å². The molecule has 0 spiro atoms. The number of amides is 3. The summed E-state index contributed by atoms with van der Waals surface area (Å²) in [5, 5.41) is 15.3. The maximum atomic E-state index is 14.0. The molecular weight excluding hydrogens is 1060 g/mol. The normalized spacial score (nSPS) is 11.9. The molecule has 3 heterocycles. The van der Waals surface area contributed by atoms with Gasteiger partial charge in [-0.2, -0.15) is 0 Å². The highest BCUT2D eigenvalue weighted by Crippen LogP contribution is 2.41. The average molecular weight is 1140 g/mol. The van der Waals surface area contributed by atoms with Crippen LogP contribution in [0.3, 0.4) is 0 Å². The minimum Gasteiger partial charge on any atom is -0.493 e. The number of para-hydroxylation sites is 1. The number of carbonyl (C=O) groups is 3. The van der Waals surface area contributed by atoms with E-state index in [1.807, 2.05) is 58.1 Å². The molecule has 7 rings (SSSR count).